The minimum Gasteiger partial charge on any atom is -0.478 e. The summed E-state index contributed by atoms with van der Waals surface area (Å²) in [5, 5.41) is 9.00. The predicted molar refractivity (Wildman–Crippen MR) is 51.2 cm³/mol. The predicted octanol–water partition coefficient (Wildman–Crippen LogP) is 1.54. The van der Waals surface area contributed by atoms with Gasteiger partial charge in [-0.15, -0.1) is 0 Å². The molecule has 4 heteroatoms. The van der Waals surface area contributed by atoms with Crippen molar-refractivity contribution in [2.45, 2.75) is 6.42 Å². The van der Waals surface area contributed by atoms with E-state index in [0.29, 0.717) is 13.0 Å². The van der Waals surface area contributed by atoms with Crippen LogP contribution in [0.25, 0.3) is 0 Å². The molecule has 0 aliphatic heterocycles. The van der Waals surface area contributed by atoms with Crippen LogP contribution in [0, 0.1) is 0 Å². The van der Waals surface area contributed by atoms with E-state index in [1.807, 2.05) is 0 Å². The molecule has 0 atom stereocenters. The van der Waals surface area contributed by atoms with Gasteiger partial charge in [-0.3, -0.25) is 0 Å². The molecular weight excluding hydrogens is 190 g/mol. The molecule has 1 aromatic carbocycles. The molecule has 0 spiro atoms. The Hall–Kier alpha value is -1.06. The van der Waals surface area contributed by atoms with Crippen LogP contribution in [-0.4, -0.2) is 17.6 Å². The molecule has 3 N–H and O–H groups in total. The minimum absolute atomic E-state index is 0.132. The Morgan fingerprint density at radius 2 is 2.23 bits per heavy atom. The molecular formula is C9H10ClNO2. The normalized spacial score (nSPS) is 10.0. The summed E-state index contributed by atoms with van der Waals surface area (Å²) >= 11 is 5.68. The third kappa shape index (κ3) is 2.44. The van der Waals surface area contributed by atoms with E-state index < -0.39 is 5.97 Å². The van der Waals surface area contributed by atoms with E-state index >= 15 is 0 Å². The van der Waals surface area contributed by atoms with Crippen molar-refractivity contribution in [3.05, 3.63) is 34.3 Å². The van der Waals surface area contributed by atoms with Crippen molar-refractivity contribution in [3.8, 4) is 0 Å². The van der Waals surface area contributed by atoms with E-state index in [9.17, 15) is 4.79 Å². The van der Waals surface area contributed by atoms with E-state index in [1.165, 1.54) is 0 Å². The zero-order valence-electron chi connectivity index (χ0n) is 6.96. The number of halogens is 1. The fraction of sp³-hybridized carbons (Fsp3) is 0.222. The molecule has 0 radical (unpaired) electrons. The highest BCUT2D eigenvalue weighted by atomic mass is 35.5. The van der Waals surface area contributed by atoms with Crippen LogP contribution in [0.15, 0.2) is 18.2 Å². The molecule has 0 saturated carbocycles. The summed E-state index contributed by atoms with van der Waals surface area (Å²) in [5.41, 5.74) is 6.37. The number of nitrogens with two attached hydrogens (primary N) is 1. The lowest BCUT2D eigenvalue weighted by atomic mass is 10.1. The molecule has 0 aliphatic rings. The van der Waals surface area contributed by atoms with E-state index in [0.717, 1.165) is 5.56 Å². The lowest BCUT2D eigenvalue weighted by Gasteiger charge is -2.02. The SMILES string of the molecule is NCCc1ccc(Cl)c(C(=O)O)c1. The molecule has 3 nitrogen and oxygen atoms in total. The Kier molecular flexibility index (Phi) is 3.28. The van der Waals surface area contributed by atoms with Gasteiger partial charge in [-0.05, 0) is 30.7 Å². The molecule has 0 unspecified atom stereocenters. The van der Waals surface area contributed by atoms with Crippen molar-refractivity contribution in [3.63, 3.8) is 0 Å². The highest BCUT2D eigenvalue weighted by Gasteiger charge is 2.08. The van der Waals surface area contributed by atoms with Gasteiger partial charge in [-0.25, -0.2) is 4.79 Å². The van der Waals surface area contributed by atoms with Crippen molar-refractivity contribution in [2.75, 3.05) is 6.54 Å². The number of carbonyl (C=O) groups is 1. The van der Waals surface area contributed by atoms with Crippen molar-refractivity contribution in [2.24, 2.45) is 5.73 Å². The summed E-state index contributed by atoms with van der Waals surface area (Å²) in [6.07, 6.45) is 0.664. The maximum Gasteiger partial charge on any atom is 0.337 e. The molecule has 0 amide bonds. The summed E-state index contributed by atoms with van der Waals surface area (Å²) in [5.74, 6) is -1.01. The van der Waals surface area contributed by atoms with Crippen LogP contribution >= 0.6 is 11.6 Å². The first-order valence-corrected chi connectivity index (χ1v) is 4.24. The topological polar surface area (TPSA) is 63.3 Å². The smallest absolute Gasteiger partial charge is 0.337 e. The summed E-state index contributed by atoms with van der Waals surface area (Å²) in [7, 11) is 0. The van der Waals surface area contributed by atoms with Gasteiger partial charge in [-0.1, -0.05) is 17.7 Å². The quantitative estimate of drug-likeness (QED) is 0.776. The lowest BCUT2D eigenvalue weighted by Crippen LogP contribution is -2.04. The molecule has 0 fully saturated rings. The van der Waals surface area contributed by atoms with Crippen molar-refractivity contribution in [1.82, 2.24) is 0 Å². The van der Waals surface area contributed by atoms with Gasteiger partial charge in [-0.2, -0.15) is 0 Å². The highest BCUT2D eigenvalue weighted by molar-refractivity contribution is 6.33. The molecule has 0 heterocycles. The van der Waals surface area contributed by atoms with Gasteiger partial charge < -0.3 is 10.8 Å². The third-order valence-electron chi connectivity index (χ3n) is 1.69. The lowest BCUT2D eigenvalue weighted by molar-refractivity contribution is 0.0697. The largest absolute Gasteiger partial charge is 0.478 e. The Bertz CT molecular complexity index is 325. The van der Waals surface area contributed by atoms with Crippen LogP contribution in [0.5, 0.6) is 0 Å². The van der Waals surface area contributed by atoms with Crippen LogP contribution in [0.1, 0.15) is 15.9 Å². The molecule has 70 valence electrons. The number of hydrogen-bond donors (Lipinski definition) is 2. The summed E-state index contributed by atoms with van der Waals surface area (Å²) in [6, 6.07) is 4.91. The number of rotatable bonds is 3. The zero-order chi connectivity index (χ0) is 9.84. The fourth-order valence-corrected chi connectivity index (χ4v) is 1.26. The van der Waals surface area contributed by atoms with Crippen LogP contribution in [-0.2, 0) is 6.42 Å². The van der Waals surface area contributed by atoms with Gasteiger partial charge in [0.2, 0.25) is 0 Å². The number of benzene rings is 1. The van der Waals surface area contributed by atoms with Crippen LogP contribution in [0.2, 0.25) is 5.02 Å². The average molecular weight is 200 g/mol. The Morgan fingerprint density at radius 3 is 2.77 bits per heavy atom. The first-order valence-electron chi connectivity index (χ1n) is 3.87. The average Bonchev–Trinajstić information content (AvgIpc) is 2.08. The minimum atomic E-state index is -1.01. The van der Waals surface area contributed by atoms with Crippen LogP contribution < -0.4 is 5.73 Å². The van der Waals surface area contributed by atoms with Gasteiger partial charge in [0, 0.05) is 0 Å². The highest BCUT2D eigenvalue weighted by Crippen LogP contribution is 2.17. The molecule has 0 saturated heterocycles. The molecule has 1 aromatic rings. The summed E-state index contributed by atoms with van der Waals surface area (Å²) in [4.78, 5) is 10.7. The molecule has 0 aromatic heterocycles. The molecule has 0 aliphatic carbocycles. The molecule has 0 bridgehead atoms. The van der Waals surface area contributed by atoms with Crippen LogP contribution in [0.4, 0.5) is 0 Å². The second-order valence-electron chi connectivity index (χ2n) is 2.66. The van der Waals surface area contributed by atoms with Gasteiger partial charge in [0.15, 0.2) is 0 Å². The van der Waals surface area contributed by atoms with Crippen molar-refractivity contribution in [1.29, 1.82) is 0 Å². The Balaban J connectivity index is 3.04. The zero-order valence-corrected chi connectivity index (χ0v) is 7.71. The van der Waals surface area contributed by atoms with E-state index in [-0.39, 0.29) is 10.6 Å². The van der Waals surface area contributed by atoms with E-state index in [2.05, 4.69) is 0 Å². The van der Waals surface area contributed by atoms with Gasteiger partial charge in [0.1, 0.15) is 0 Å². The van der Waals surface area contributed by atoms with E-state index in [1.54, 1.807) is 18.2 Å². The van der Waals surface area contributed by atoms with Gasteiger partial charge in [0.05, 0.1) is 10.6 Å². The van der Waals surface area contributed by atoms with Crippen molar-refractivity contribution >= 4 is 17.6 Å². The number of carboxylic acids is 1. The van der Waals surface area contributed by atoms with E-state index in [4.69, 9.17) is 22.4 Å². The first-order chi connectivity index (χ1) is 6.15. The number of hydrogen-bond acceptors (Lipinski definition) is 2. The Morgan fingerprint density at radius 1 is 1.54 bits per heavy atom. The molecule has 1 rings (SSSR count). The van der Waals surface area contributed by atoms with Crippen LogP contribution in [0.3, 0.4) is 0 Å². The Labute approximate surface area is 81.1 Å². The second kappa shape index (κ2) is 4.25. The first kappa shape index (κ1) is 10.0. The number of carboxylic acid groups (broad SMARTS) is 1. The maximum absolute atomic E-state index is 10.7. The molecule has 13 heavy (non-hydrogen) atoms. The second-order valence-corrected chi connectivity index (χ2v) is 3.07. The summed E-state index contributed by atoms with van der Waals surface area (Å²) < 4.78 is 0. The fourth-order valence-electron chi connectivity index (χ4n) is 1.06. The standard InChI is InChI=1S/C9H10ClNO2/c10-8-2-1-6(3-4-11)5-7(8)9(12)13/h1-2,5H,3-4,11H2,(H,12,13). The van der Waals surface area contributed by atoms with Crippen molar-refractivity contribution < 1.29 is 9.90 Å². The monoisotopic (exact) mass is 199 g/mol. The van der Waals surface area contributed by atoms with Gasteiger partial charge >= 0.3 is 5.97 Å². The maximum atomic E-state index is 10.7. The third-order valence-corrected chi connectivity index (χ3v) is 2.02. The van der Waals surface area contributed by atoms with Gasteiger partial charge in [0.25, 0.3) is 0 Å². The number of aromatic carboxylic acids is 1. The summed E-state index contributed by atoms with van der Waals surface area (Å²) in [6.45, 7) is 0.501.